The fourth-order valence-electron chi connectivity index (χ4n) is 2.48. The smallest absolute Gasteiger partial charge is 0.307 e. The highest BCUT2D eigenvalue weighted by Gasteiger charge is 2.25. The summed E-state index contributed by atoms with van der Waals surface area (Å²) in [5, 5.41) is 8.90. The molecule has 2 unspecified atom stereocenters. The van der Waals surface area contributed by atoms with Gasteiger partial charge in [-0.2, -0.15) is 12.6 Å². The van der Waals surface area contributed by atoms with Crippen LogP contribution >= 0.6 is 12.6 Å². The second-order valence-corrected chi connectivity index (χ2v) is 6.22. The predicted octanol–water partition coefficient (Wildman–Crippen LogP) is 3.43. The molecule has 0 spiro atoms. The molecule has 23 heavy (non-hydrogen) atoms. The van der Waals surface area contributed by atoms with Crippen molar-refractivity contribution >= 4 is 24.4 Å². The Bertz CT molecular complexity index is 640. The highest BCUT2D eigenvalue weighted by molar-refractivity contribution is 7.81. The Hall–Kier alpha value is -2.07. The number of benzene rings is 2. The molecular weight excluding hydrogens is 308 g/mol. The number of ketones is 1. The number of hydrogen-bond donors (Lipinski definition) is 2. The van der Waals surface area contributed by atoms with Crippen LogP contribution in [0.3, 0.4) is 0 Å². The van der Waals surface area contributed by atoms with Crippen molar-refractivity contribution in [3.63, 3.8) is 0 Å². The molecule has 0 aromatic heterocycles. The molecule has 1 N–H and O–H groups in total. The normalized spacial score (nSPS) is 13.3. The van der Waals surface area contributed by atoms with Crippen molar-refractivity contribution in [1.82, 2.24) is 0 Å². The maximum Gasteiger partial charge on any atom is 0.307 e. The Morgan fingerprint density at radius 2 is 1.35 bits per heavy atom. The van der Waals surface area contributed by atoms with Crippen molar-refractivity contribution in [2.24, 2.45) is 5.92 Å². The lowest BCUT2D eigenvalue weighted by Crippen LogP contribution is -2.26. The van der Waals surface area contributed by atoms with Gasteiger partial charge in [0.2, 0.25) is 0 Å². The van der Waals surface area contributed by atoms with Crippen LogP contribution in [0.4, 0.5) is 0 Å². The van der Waals surface area contributed by atoms with E-state index in [9.17, 15) is 14.7 Å². The summed E-state index contributed by atoms with van der Waals surface area (Å²) in [7, 11) is 0. The van der Waals surface area contributed by atoms with Gasteiger partial charge in [-0.25, -0.2) is 0 Å². The van der Waals surface area contributed by atoms with Crippen LogP contribution in [-0.2, 0) is 22.4 Å². The van der Waals surface area contributed by atoms with E-state index in [1.807, 2.05) is 60.7 Å². The monoisotopic (exact) mass is 328 g/mol. The quantitative estimate of drug-likeness (QED) is 0.730. The minimum atomic E-state index is -0.942. The minimum Gasteiger partial charge on any atom is -0.481 e. The number of Topliss-reactive ketones (excluding diaryl/α,β-unsaturated/α-hetero) is 1. The van der Waals surface area contributed by atoms with Crippen LogP contribution in [0, 0.1) is 5.92 Å². The maximum atomic E-state index is 12.3. The van der Waals surface area contributed by atoms with Crippen molar-refractivity contribution in [2.75, 3.05) is 0 Å². The van der Waals surface area contributed by atoms with E-state index in [4.69, 9.17) is 0 Å². The molecule has 0 amide bonds. The number of carbonyl (C=O) groups is 2. The van der Waals surface area contributed by atoms with E-state index in [0.29, 0.717) is 12.8 Å². The van der Waals surface area contributed by atoms with Crippen molar-refractivity contribution in [3.8, 4) is 0 Å². The van der Waals surface area contributed by atoms with Crippen LogP contribution in [0.25, 0.3) is 0 Å². The van der Waals surface area contributed by atoms with Crippen LogP contribution in [0.5, 0.6) is 0 Å². The first-order valence-corrected chi connectivity index (χ1v) is 8.09. The SMILES string of the molecule is O=C(CC(Cc1ccccc1)C(=O)O)C(S)Cc1ccccc1. The molecule has 2 atom stereocenters. The maximum absolute atomic E-state index is 12.3. The van der Waals surface area contributed by atoms with Gasteiger partial charge in [0, 0.05) is 6.42 Å². The summed E-state index contributed by atoms with van der Waals surface area (Å²) in [5.74, 6) is -1.78. The Morgan fingerprint density at radius 3 is 1.83 bits per heavy atom. The van der Waals surface area contributed by atoms with Gasteiger partial charge in [-0.05, 0) is 24.0 Å². The summed E-state index contributed by atoms with van der Waals surface area (Å²) in [6.45, 7) is 0. The van der Waals surface area contributed by atoms with E-state index >= 15 is 0 Å². The van der Waals surface area contributed by atoms with Gasteiger partial charge in [-0.3, -0.25) is 9.59 Å². The molecule has 0 aliphatic heterocycles. The fraction of sp³-hybridized carbons (Fsp3) is 0.263. The fourth-order valence-corrected chi connectivity index (χ4v) is 2.79. The van der Waals surface area contributed by atoms with Crippen LogP contribution in [0.1, 0.15) is 17.5 Å². The van der Waals surface area contributed by atoms with E-state index in [-0.39, 0.29) is 12.2 Å². The average molecular weight is 328 g/mol. The van der Waals surface area contributed by atoms with E-state index < -0.39 is 17.1 Å². The third-order valence-corrected chi connectivity index (χ3v) is 4.24. The van der Waals surface area contributed by atoms with Crippen LogP contribution in [0.15, 0.2) is 60.7 Å². The van der Waals surface area contributed by atoms with Gasteiger partial charge in [0.25, 0.3) is 0 Å². The molecule has 4 heteroatoms. The van der Waals surface area contributed by atoms with Gasteiger partial charge in [-0.15, -0.1) is 0 Å². The summed E-state index contributed by atoms with van der Waals surface area (Å²) < 4.78 is 0. The summed E-state index contributed by atoms with van der Waals surface area (Å²) in [6, 6.07) is 19.0. The van der Waals surface area contributed by atoms with Gasteiger partial charge in [0.1, 0.15) is 5.78 Å². The average Bonchev–Trinajstić information content (AvgIpc) is 2.56. The van der Waals surface area contributed by atoms with E-state index in [1.54, 1.807) is 0 Å². The Balaban J connectivity index is 1.96. The first-order valence-electron chi connectivity index (χ1n) is 7.57. The highest BCUT2D eigenvalue weighted by Crippen LogP contribution is 2.17. The molecule has 2 aromatic rings. The zero-order valence-corrected chi connectivity index (χ0v) is 13.7. The molecule has 3 nitrogen and oxygen atoms in total. The largest absolute Gasteiger partial charge is 0.481 e. The third-order valence-electron chi connectivity index (χ3n) is 3.77. The third kappa shape index (κ3) is 5.57. The second kappa shape index (κ2) is 8.53. The Kier molecular flexibility index (Phi) is 6.41. The second-order valence-electron chi connectivity index (χ2n) is 5.60. The van der Waals surface area contributed by atoms with Gasteiger partial charge in [0.05, 0.1) is 11.2 Å². The molecule has 0 aliphatic rings. The standard InChI is InChI=1S/C19H20O3S/c20-17(18(23)12-15-9-5-2-6-10-15)13-16(19(21)22)11-14-7-3-1-4-8-14/h1-10,16,18,23H,11-13H2,(H,21,22). The number of carbonyl (C=O) groups excluding carboxylic acids is 1. The number of rotatable bonds is 8. The number of carboxylic acids is 1. The molecule has 2 aromatic carbocycles. The molecule has 0 aliphatic carbocycles. The Morgan fingerprint density at radius 1 is 0.870 bits per heavy atom. The molecule has 0 bridgehead atoms. The zero-order chi connectivity index (χ0) is 16.7. The van der Waals surface area contributed by atoms with Crippen molar-refractivity contribution in [3.05, 3.63) is 71.8 Å². The highest BCUT2D eigenvalue weighted by atomic mass is 32.1. The molecule has 2 rings (SSSR count). The first-order chi connectivity index (χ1) is 11.1. The van der Waals surface area contributed by atoms with Crippen molar-refractivity contribution in [1.29, 1.82) is 0 Å². The van der Waals surface area contributed by atoms with Gasteiger partial charge in [0.15, 0.2) is 0 Å². The Labute approximate surface area is 141 Å². The summed E-state index contributed by atoms with van der Waals surface area (Å²) >= 11 is 4.36. The van der Waals surface area contributed by atoms with E-state index in [2.05, 4.69) is 12.6 Å². The lowest BCUT2D eigenvalue weighted by atomic mass is 9.92. The molecule has 0 fully saturated rings. The van der Waals surface area contributed by atoms with E-state index in [1.165, 1.54) is 0 Å². The molecule has 120 valence electrons. The summed E-state index contributed by atoms with van der Waals surface area (Å²) in [6.07, 6.45) is 0.874. The van der Waals surface area contributed by atoms with Gasteiger partial charge >= 0.3 is 5.97 Å². The van der Waals surface area contributed by atoms with Crippen LogP contribution in [-0.4, -0.2) is 22.1 Å². The molecule has 0 saturated carbocycles. The van der Waals surface area contributed by atoms with Crippen molar-refractivity contribution in [2.45, 2.75) is 24.5 Å². The number of thiol groups is 1. The number of aliphatic carboxylic acids is 1. The van der Waals surface area contributed by atoms with Crippen molar-refractivity contribution < 1.29 is 14.7 Å². The number of carboxylic acid groups (broad SMARTS) is 1. The summed E-state index contributed by atoms with van der Waals surface area (Å²) in [4.78, 5) is 23.8. The van der Waals surface area contributed by atoms with Gasteiger partial charge < -0.3 is 5.11 Å². The topological polar surface area (TPSA) is 54.4 Å². The molecular formula is C19H20O3S. The van der Waals surface area contributed by atoms with Crippen LogP contribution < -0.4 is 0 Å². The molecule has 0 heterocycles. The molecule has 0 radical (unpaired) electrons. The minimum absolute atomic E-state index is 0.00519. The van der Waals surface area contributed by atoms with Crippen LogP contribution in [0.2, 0.25) is 0 Å². The first kappa shape index (κ1) is 17.3. The lowest BCUT2D eigenvalue weighted by Gasteiger charge is -2.15. The molecule has 0 saturated heterocycles. The zero-order valence-electron chi connectivity index (χ0n) is 12.8. The lowest BCUT2D eigenvalue weighted by molar-refractivity contribution is -0.143. The van der Waals surface area contributed by atoms with Gasteiger partial charge in [-0.1, -0.05) is 60.7 Å². The number of hydrogen-bond acceptors (Lipinski definition) is 3. The predicted molar refractivity (Wildman–Crippen MR) is 93.8 cm³/mol. The van der Waals surface area contributed by atoms with E-state index in [0.717, 1.165) is 11.1 Å². The summed E-state index contributed by atoms with van der Waals surface area (Å²) in [5.41, 5.74) is 1.95.